The van der Waals surface area contributed by atoms with E-state index in [9.17, 15) is 19.2 Å². The van der Waals surface area contributed by atoms with Crippen molar-refractivity contribution in [2.75, 3.05) is 19.8 Å². The van der Waals surface area contributed by atoms with Crippen LogP contribution in [-0.4, -0.2) is 74.2 Å². The molecule has 1 aromatic carbocycles. The van der Waals surface area contributed by atoms with E-state index in [1.165, 1.54) is 4.90 Å². The van der Waals surface area contributed by atoms with Gasteiger partial charge in [0.15, 0.2) is 0 Å². The molecule has 2 fully saturated rings. The summed E-state index contributed by atoms with van der Waals surface area (Å²) in [5, 5.41) is 10.7. The van der Waals surface area contributed by atoms with Gasteiger partial charge in [-0.05, 0) is 18.6 Å². The standard InChI is InChI=1S/C20H20N6O5/c27-17-5-4-16(19(29)21-17)25-10-14-13(20(25)30)2-1-3-15(14)26-9-12(22-23-26)8-24-6-7-31-11-18(24)28/h1-3,9,16H,4-8,10-11H2,(H,21,27,29). The molecule has 0 bridgehead atoms. The molecule has 1 N–H and O–H groups in total. The fraction of sp³-hybridized carbons (Fsp3) is 0.400. The van der Waals surface area contributed by atoms with E-state index >= 15 is 0 Å². The maximum Gasteiger partial charge on any atom is 0.255 e. The van der Waals surface area contributed by atoms with Crippen LogP contribution in [0, 0.1) is 0 Å². The smallest absolute Gasteiger partial charge is 0.255 e. The molecule has 3 aliphatic heterocycles. The Labute approximate surface area is 176 Å². The lowest BCUT2D eigenvalue weighted by atomic mass is 10.0. The molecule has 160 valence electrons. The van der Waals surface area contributed by atoms with Crippen LogP contribution in [0.1, 0.15) is 34.5 Å². The topological polar surface area (TPSA) is 127 Å². The number of carbonyl (C=O) groups excluding carboxylic acids is 4. The van der Waals surface area contributed by atoms with E-state index in [4.69, 9.17) is 4.74 Å². The summed E-state index contributed by atoms with van der Waals surface area (Å²) >= 11 is 0. The zero-order chi connectivity index (χ0) is 21.5. The second kappa shape index (κ2) is 7.58. The van der Waals surface area contributed by atoms with Crippen molar-refractivity contribution in [1.29, 1.82) is 0 Å². The molecule has 11 heteroatoms. The van der Waals surface area contributed by atoms with Crippen molar-refractivity contribution in [3.05, 3.63) is 41.2 Å². The van der Waals surface area contributed by atoms with E-state index in [2.05, 4.69) is 15.6 Å². The van der Waals surface area contributed by atoms with Gasteiger partial charge >= 0.3 is 0 Å². The largest absolute Gasteiger partial charge is 0.370 e. The molecule has 1 unspecified atom stereocenters. The summed E-state index contributed by atoms with van der Waals surface area (Å²) in [6.45, 7) is 1.64. The summed E-state index contributed by atoms with van der Waals surface area (Å²) in [5.74, 6) is -1.10. The highest BCUT2D eigenvalue weighted by atomic mass is 16.5. The lowest BCUT2D eigenvalue weighted by molar-refractivity contribution is -0.143. The molecule has 4 heterocycles. The molecular weight excluding hydrogens is 404 g/mol. The van der Waals surface area contributed by atoms with Crippen LogP contribution >= 0.6 is 0 Å². The third-order valence-corrected chi connectivity index (χ3v) is 5.78. The van der Waals surface area contributed by atoms with Gasteiger partial charge in [-0.1, -0.05) is 11.3 Å². The van der Waals surface area contributed by atoms with Crippen molar-refractivity contribution in [1.82, 2.24) is 30.1 Å². The first-order chi connectivity index (χ1) is 15.0. The van der Waals surface area contributed by atoms with Gasteiger partial charge in [-0.3, -0.25) is 24.5 Å². The minimum atomic E-state index is -0.677. The highest BCUT2D eigenvalue weighted by molar-refractivity contribution is 6.05. The second-order valence-electron chi connectivity index (χ2n) is 7.73. The van der Waals surface area contributed by atoms with Gasteiger partial charge in [-0.15, -0.1) is 5.10 Å². The van der Waals surface area contributed by atoms with Gasteiger partial charge in [-0.2, -0.15) is 0 Å². The molecule has 3 aliphatic rings. The van der Waals surface area contributed by atoms with Crippen LogP contribution in [0.3, 0.4) is 0 Å². The number of fused-ring (bicyclic) bond motifs is 1. The molecule has 2 saturated heterocycles. The number of aromatic nitrogens is 3. The van der Waals surface area contributed by atoms with Crippen LogP contribution < -0.4 is 5.32 Å². The van der Waals surface area contributed by atoms with Crippen LogP contribution in [0.2, 0.25) is 0 Å². The molecule has 0 spiro atoms. The lowest BCUT2D eigenvalue weighted by Gasteiger charge is -2.29. The summed E-state index contributed by atoms with van der Waals surface area (Å²) in [5.41, 5.74) is 2.56. The maximum absolute atomic E-state index is 13.0. The summed E-state index contributed by atoms with van der Waals surface area (Å²) in [6, 6.07) is 4.63. The number of benzene rings is 1. The molecule has 1 atom stereocenters. The predicted molar refractivity (Wildman–Crippen MR) is 104 cm³/mol. The fourth-order valence-corrected chi connectivity index (χ4v) is 4.19. The lowest BCUT2D eigenvalue weighted by Crippen LogP contribution is -2.52. The molecule has 2 aromatic rings. The number of hydrogen-bond donors (Lipinski definition) is 1. The van der Waals surface area contributed by atoms with E-state index in [-0.39, 0.29) is 37.3 Å². The Morgan fingerprint density at radius 1 is 1.19 bits per heavy atom. The summed E-state index contributed by atoms with van der Waals surface area (Å²) in [6.07, 6.45) is 2.24. The van der Waals surface area contributed by atoms with Crippen LogP contribution in [-0.2, 0) is 32.2 Å². The molecule has 0 radical (unpaired) electrons. The normalized spacial score (nSPS) is 21.5. The van der Waals surface area contributed by atoms with E-state index in [0.29, 0.717) is 43.1 Å². The number of amides is 4. The van der Waals surface area contributed by atoms with E-state index in [1.54, 1.807) is 27.9 Å². The Hall–Kier alpha value is -3.60. The van der Waals surface area contributed by atoms with Crippen LogP contribution in [0.5, 0.6) is 0 Å². The second-order valence-corrected chi connectivity index (χ2v) is 7.73. The Morgan fingerprint density at radius 2 is 2.06 bits per heavy atom. The average molecular weight is 424 g/mol. The number of hydrogen-bond acceptors (Lipinski definition) is 7. The van der Waals surface area contributed by atoms with Crippen molar-refractivity contribution >= 4 is 23.6 Å². The van der Waals surface area contributed by atoms with E-state index in [0.717, 1.165) is 5.56 Å². The van der Waals surface area contributed by atoms with Crippen LogP contribution in [0.25, 0.3) is 5.69 Å². The molecule has 0 saturated carbocycles. The van der Waals surface area contributed by atoms with Crippen molar-refractivity contribution in [2.45, 2.75) is 32.0 Å². The number of carbonyl (C=O) groups is 4. The number of imide groups is 1. The fourth-order valence-electron chi connectivity index (χ4n) is 4.19. The van der Waals surface area contributed by atoms with Crippen LogP contribution in [0.4, 0.5) is 0 Å². The minimum absolute atomic E-state index is 0.0681. The summed E-state index contributed by atoms with van der Waals surface area (Å²) < 4.78 is 6.73. The van der Waals surface area contributed by atoms with Crippen molar-refractivity contribution in [3.8, 4) is 5.69 Å². The van der Waals surface area contributed by atoms with Crippen LogP contribution in [0.15, 0.2) is 24.4 Å². The molecule has 0 aliphatic carbocycles. The molecule has 5 rings (SSSR count). The monoisotopic (exact) mass is 424 g/mol. The minimum Gasteiger partial charge on any atom is -0.370 e. The number of ether oxygens (including phenoxy) is 1. The molecule has 1 aromatic heterocycles. The molecule has 4 amide bonds. The van der Waals surface area contributed by atoms with Gasteiger partial charge in [0.2, 0.25) is 17.7 Å². The molecule has 31 heavy (non-hydrogen) atoms. The van der Waals surface area contributed by atoms with Crippen molar-refractivity contribution < 1.29 is 23.9 Å². The van der Waals surface area contributed by atoms with Gasteiger partial charge in [0.1, 0.15) is 18.3 Å². The number of nitrogens with zero attached hydrogens (tertiary/aromatic N) is 5. The SMILES string of the molecule is O=C1CCC(N2Cc3c(cccc3-n3cc(CN4CCOCC4=O)nn3)C2=O)C(=O)N1. The van der Waals surface area contributed by atoms with Crippen molar-refractivity contribution in [2.24, 2.45) is 0 Å². The molecular formula is C20H20N6O5. The molecule has 11 nitrogen and oxygen atoms in total. The first-order valence-corrected chi connectivity index (χ1v) is 10.0. The van der Waals surface area contributed by atoms with Gasteiger partial charge < -0.3 is 14.5 Å². The first kappa shape index (κ1) is 19.4. The third-order valence-electron chi connectivity index (χ3n) is 5.78. The number of morpholine rings is 1. The van der Waals surface area contributed by atoms with Gasteiger partial charge in [0.05, 0.1) is 25.0 Å². The third kappa shape index (κ3) is 3.46. The summed E-state index contributed by atoms with van der Waals surface area (Å²) in [7, 11) is 0. The Bertz CT molecular complexity index is 1100. The number of rotatable bonds is 4. The van der Waals surface area contributed by atoms with Gasteiger partial charge in [0, 0.05) is 30.6 Å². The number of nitrogens with one attached hydrogen (secondary N) is 1. The maximum atomic E-state index is 13.0. The first-order valence-electron chi connectivity index (χ1n) is 10.0. The predicted octanol–water partition coefficient (Wildman–Crippen LogP) is -0.613. The van der Waals surface area contributed by atoms with Crippen molar-refractivity contribution in [3.63, 3.8) is 0 Å². The number of piperidine rings is 1. The highest BCUT2D eigenvalue weighted by Gasteiger charge is 2.40. The average Bonchev–Trinajstić information content (AvgIpc) is 3.35. The Morgan fingerprint density at radius 3 is 2.87 bits per heavy atom. The van der Waals surface area contributed by atoms with E-state index < -0.39 is 11.9 Å². The zero-order valence-electron chi connectivity index (χ0n) is 16.6. The Kier molecular flexibility index (Phi) is 4.74. The van der Waals surface area contributed by atoms with E-state index in [1.807, 2.05) is 6.07 Å². The quantitative estimate of drug-likeness (QED) is 0.649. The zero-order valence-corrected chi connectivity index (χ0v) is 16.6. The summed E-state index contributed by atoms with van der Waals surface area (Å²) in [4.78, 5) is 51.8. The van der Waals surface area contributed by atoms with Gasteiger partial charge in [-0.25, -0.2) is 4.68 Å². The van der Waals surface area contributed by atoms with Gasteiger partial charge in [0.25, 0.3) is 5.91 Å². The Balaban J connectivity index is 1.39. The highest BCUT2D eigenvalue weighted by Crippen LogP contribution is 2.31.